The van der Waals surface area contributed by atoms with E-state index in [1.54, 1.807) is 44.4 Å². The molecular formula is C33H45F2NO6PS+. The smallest absolute Gasteiger partial charge is 0.508 e. The van der Waals surface area contributed by atoms with Crippen LogP contribution in [0.25, 0.3) is 0 Å². The normalized spacial score (nSPS) is 11.2. The maximum atomic E-state index is 15.5. The Balaban J connectivity index is 0.000000687. The highest BCUT2D eigenvalue weighted by Gasteiger charge is 2.38. The minimum Gasteiger partial charge on any atom is -0.508 e. The van der Waals surface area contributed by atoms with E-state index in [1.165, 1.54) is 30.3 Å². The number of phenolic OH excluding ortho intramolecular Hbond substituents is 1. The number of hydrogen-bond acceptors (Lipinski definition) is 8. The summed E-state index contributed by atoms with van der Waals surface area (Å²) in [7, 11) is -2.12. The van der Waals surface area contributed by atoms with Crippen LogP contribution in [0, 0.1) is 13.8 Å². The lowest BCUT2D eigenvalue weighted by Crippen LogP contribution is -2.22. The molecule has 0 amide bonds. The zero-order valence-corrected chi connectivity index (χ0v) is 28.3. The van der Waals surface area contributed by atoms with E-state index in [-0.39, 0.29) is 47.8 Å². The summed E-state index contributed by atoms with van der Waals surface area (Å²) in [4.78, 5) is 10.6. The van der Waals surface area contributed by atoms with E-state index in [4.69, 9.17) is 19.7 Å². The maximum Gasteiger partial charge on any atom is 0.598 e. The number of rotatable bonds is 12. The first-order valence-corrected chi connectivity index (χ1v) is 16.6. The molecule has 3 rings (SSSR count). The van der Waals surface area contributed by atoms with Gasteiger partial charge in [0.25, 0.3) is 5.92 Å². The van der Waals surface area contributed by atoms with E-state index in [0.29, 0.717) is 28.2 Å². The quantitative estimate of drug-likeness (QED) is 0.102. The van der Waals surface area contributed by atoms with Gasteiger partial charge in [-0.2, -0.15) is 21.4 Å². The number of para-hydroxylation sites is 1. The van der Waals surface area contributed by atoms with Gasteiger partial charge in [0.05, 0.1) is 6.54 Å². The van der Waals surface area contributed by atoms with Crippen molar-refractivity contribution >= 4 is 26.6 Å². The number of halogens is 2. The van der Waals surface area contributed by atoms with E-state index in [9.17, 15) is 14.5 Å². The maximum absolute atomic E-state index is 15.5. The van der Waals surface area contributed by atoms with Gasteiger partial charge >= 0.3 is 20.3 Å². The Bertz CT molecular complexity index is 1310. The molecule has 0 aliphatic carbocycles. The molecule has 11 heteroatoms. The number of nitrogens with two attached hydrogens (primary N) is 1. The number of hydrogen-bond donors (Lipinski definition) is 3. The van der Waals surface area contributed by atoms with Crippen molar-refractivity contribution in [3.63, 3.8) is 0 Å². The van der Waals surface area contributed by atoms with Gasteiger partial charge in [-0.05, 0) is 103 Å². The van der Waals surface area contributed by atoms with Gasteiger partial charge in [-0.3, -0.25) is 9.32 Å². The second-order valence-electron chi connectivity index (χ2n) is 10.1. The van der Waals surface area contributed by atoms with E-state index >= 15 is 8.78 Å². The molecule has 3 aromatic carbocycles. The third-order valence-corrected chi connectivity index (χ3v) is 7.25. The Morgan fingerprint density at radius 1 is 0.977 bits per heavy atom. The third kappa shape index (κ3) is 11.7. The molecule has 1 unspecified atom stereocenters. The van der Waals surface area contributed by atoms with Gasteiger partial charge in [0, 0.05) is 11.1 Å². The summed E-state index contributed by atoms with van der Waals surface area (Å²) < 4.78 is 58.9. The molecule has 0 radical (unpaired) electrons. The van der Waals surface area contributed by atoms with Crippen LogP contribution < -0.4 is 15.0 Å². The molecular weight excluding hydrogens is 607 g/mol. The van der Waals surface area contributed by atoms with Crippen molar-refractivity contribution in [3.05, 3.63) is 88.5 Å². The fraction of sp³-hybridized carbons (Fsp3) is 0.424. The SMILES string of the molecule is CCC(CC)OC(=O)CN.CS.Cc1cc(OC[P+](=O)Oc2ccccc2)cc(C)c1C(F)(F)c1ccc(O)c(C(C)C)c1. The number of benzene rings is 3. The standard InChI is InChI=1S/C25H25F2O4P.C7H15NO2.CH4S/c1-16(2)22-14-19(10-11-23(22)28)25(26,27)24-17(3)12-21(13-18(24)4)30-15-32(29)31-20-8-6-5-7-9-20;1-3-6(4-2)10-7(9)5-8;1-2/h5-14,16H,15H2,1-4H3;6H,3-5,8H2,1-2H3;2H,1H3/p+1. The van der Waals surface area contributed by atoms with Gasteiger partial charge in [0.1, 0.15) is 17.6 Å². The van der Waals surface area contributed by atoms with E-state index < -0.39 is 14.0 Å². The van der Waals surface area contributed by atoms with Crippen molar-refractivity contribution in [1.29, 1.82) is 0 Å². The lowest BCUT2D eigenvalue weighted by Gasteiger charge is -2.23. The third-order valence-electron chi connectivity index (χ3n) is 6.49. The molecule has 0 aromatic heterocycles. The molecule has 7 nitrogen and oxygen atoms in total. The van der Waals surface area contributed by atoms with Crippen molar-refractivity contribution in [2.45, 2.75) is 72.3 Å². The van der Waals surface area contributed by atoms with Crippen LogP contribution in [0.3, 0.4) is 0 Å². The topological polar surface area (TPSA) is 108 Å². The minimum absolute atomic E-state index is 0.00331. The van der Waals surface area contributed by atoms with Gasteiger partial charge < -0.3 is 20.3 Å². The van der Waals surface area contributed by atoms with Crippen LogP contribution in [0.4, 0.5) is 8.78 Å². The van der Waals surface area contributed by atoms with Crippen LogP contribution in [0.15, 0.2) is 60.7 Å². The van der Waals surface area contributed by atoms with Crippen LogP contribution in [0.2, 0.25) is 0 Å². The first-order valence-electron chi connectivity index (χ1n) is 14.3. The summed E-state index contributed by atoms with van der Waals surface area (Å²) in [5.74, 6) is -2.85. The predicted molar refractivity (Wildman–Crippen MR) is 176 cm³/mol. The van der Waals surface area contributed by atoms with Crippen LogP contribution in [0.5, 0.6) is 17.2 Å². The lowest BCUT2D eigenvalue weighted by atomic mass is 9.90. The van der Waals surface area contributed by atoms with Crippen LogP contribution in [-0.4, -0.2) is 36.3 Å². The summed E-state index contributed by atoms with van der Waals surface area (Å²) in [5, 5.41) is 9.99. The van der Waals surface area contributed by atoms with Gasteiger partial charge in [-0.25, -0.2) is 0 Å². The number of phenols is 1. The Labute approximate surface area is 266 Å². The van der Waals surface area contributed by atoms with Crippen molar-refractivity contribution in [1.82, 2.24) is 0 Å². The number of aryl methyl sites for hydroxylation is 2. The zero-order chi connectivity index (χ0) is 33.4. The zero-order valence-electron chi connectivity index (χ0n) is 26.5. The molecule has 0 fully saturated rings. The molecule has 0 bridgehead atoms. The van der Waals surface area contributed by atoms with Gasteiger partial charge in [-0.15, -0.1) is 0 Å². The predicted octanol–water partition coefficient (Wildman–Crippen LogP) is 8.65. The molecule has 242 valence electrons. The Morgan fingerprint density at radius 3 is 2.05 bits per heavy atom. The molecule has 0 saturated carbocycles. The first-order chi connectivity index (χ1) is 20.8. The van der Waals surface area contributed by atoms with Crippen molar-refractivity contribution in [3.8, 4) is 17.2 Å². The van der Waals surface area contributed by atoms with Gasteiger partial charge in [-0.1, -0.05) is 45.9 Å². The summed E-state index contributed by atoms with van der Waals surface area (Å²) >= 11 is 3.53. The van der Waals surface area contributed by atoms with Crippen LogP contribution >= 0.6 is 20.7 Å². The highest BCUT2D eigenvalue weighted by molar-refractivity contribution is 7.79. The Hall–Kier alpha value is -3.20. The molecule has 0 aliphatic rings. The van der Waals surface area contributed by atoms with E-state index in [1.807, 2.05) is 33.8 Å². The molecule has 0 heterocycles. The number of alkyl halides is 2. The molecule has 44 heavy (non-hydrogen) atoms. The van der Waals surface area contributed by atoms with Crippen LogP contribution in [0.1, 0.15) is 74.3 Å². The molecule has 3 N–H and O–H groups in total. The van der Waals surface area contributed by atoms with E-state index in [0.717, 1.165) is 12.8 Å². The molecule has 0 saturated heterocycles. The van der Waals surface area contributed by atoms with Gasteiger partial charge in [0.15, 0.2) is 5.75 Å². The summed E-state index contributed by atoms with van der Waals surface area (Å²) in [6.07, 6.45) is 3.27. The highest BCUT2D eigenvalue weighted by Crippen LogP contribution is 2.42. The summed E-state index contributed by atoms with van der Waals surface area (Å²) in [6, 6.07) is 15.7. The number of ether oxygens (including phenoxy) is 2. The average Bonchev–Trinajstić information content (AvgIpc) is 3.00. The molecule has 0 spiro atoms. The van der Waals surface area contributed by atoms with Crippen molar-refractivity contribution in [2.24, 2.45) is 5.73 Å². The van der Waals surface area contributed by atoms with Crippen LogP contribution in [-0.2, 0) is 20.0 Å². The largest absolute Gasteiger partial charge is 0.598 e. The average molecular weight is 653 g/mol. The van der Waals surface area contributed by atoms with E-state index in [2.05, 4.69) is 12.6 Å². The number of esters is 1. The lowest BCUT2D eigenvalue weighted by molar-refractivity contribution is -0.147. The minimum atomic E-state index is -3.26. The summed E-state index contributed by atoms with van der Waals surface area (Å²) in [6.45, 7) is 10.8. The molecule has 1 atom stereocenters. The first kappa shape index (κ1) is 38.8. The second-order valence-corrected chi connectivity index (χ2v) is 11.2. The Morgan fingerprint density at radius 2 is 1.55 bits per heavy atom. The van der Waals surface area contributed by atoms with Crippen molar-refractivity contribution < 1.29 is 37.2 Å². The van der Waals surface area contributed by atoms with Crippen molar-refractivity contribution in [2.75, 3.05) is 19.1 Å². The monoisotopic (exact) mass is 652 g/mol. The molecule has 3 aromatic rings. The Kier molecular flexibility index (Phi) is 17.0. The fourth-order valence-electron chi connectivity index (χ4n) is 4.30. The second kappa shape index (κ2) is 19.2. The number of carbonyl (C=O) groups is 1. The number of thiol groups is 1. The highest BCUT2D eigenvalue weighted by atomic mass is 32.1. The fourth-order valence-corrected chi connectivity index (χ4v) is 4.96. The molecule has 0 aliphatic heterocycles. The van der Waals surface area contributed by atoms with Gasteiger partial charge in [0.2, 0.25) is 0 Å². The number of carbonyl (C=O) groups excluding carboxylic acids is 1. The summed E-state index contributed by atoms with van der Waals surface area (Å²) in [5.41, 5.74) is 5.93. The number of aromatic hydroxyl groups is 1.